The minimum atomic E-state index is -0.886. The first-order valence-electron chi connectivity index (χ1n) is 6.49. The average molecular weight is 248 g/mol. The minimum Gasteiger partial charge on any atom is -0.478 e. The van der Waals surface area contributed by atoms with Gasteiger partial charge in [0, 0.05) is 18.8 Å². The fourth-order valence-electron chi connectivity index (χ4n) is 2.61. The number of rotatable bonds is 3. The van der Waals surface area contributed by atoms with Crippen molar-refractivity contribution in [2.45, 2.75) is 26.2 Å². The zero-order valence-electron chi connectivity index (χ0n) is 10.7. The van der Waals surface area contributed by atoms with Crippen LogP contribution >= 0.6 is 0 Å². The van der Waals surface area contributed by atoms with Crippen molar-refractivity contribution in [2.75, 3.05) is 23.7 Å². The summed E-state index contributed by atoms with van der Waals surface area (Å²) in [5.41, 5.74) is 7.51. The van der Waals surface area contributed by atoms with Gasteiger partial charge in [-0.1, -0.05) is 13.3 Å². The standard InChI is InChI=1S/C14H20N2O2/c1-2-10-4-3-7-16(9-10)13-8-11(15)5-6-12(13)14(17)18/h5-6,8,10H,2-4,7,9,15H2,1H3,(H,17,18). The summed E-state index contributed by atoms with van der Waals surface area (Å²) >= 11 is 0. The molecule has 2 rings (SSSR count). The van der Waals surface area contributed by atoms with Gasteiger partial charge in [-0.15, -0.1) is 0 Å². The second-order valence-electron chi connectivity index (χ2n) is 4.94. The Kier molecular flexibility index (Phi) is 3.75. The number of benzene rings is 1. The number of carbonyl (C=O) groups is 1. The maximum atomic E-state index is 11.3. The van der Waals surface area contributed by atoms with Gasteiger partial charge in [0.2, 0.25) is 0 Å². The van der Waals surface area contributed by atoms with E-state index < -0.39 is 5.97 Å². The summed E-state index contributed by atoms with van der Waals surface area (Å²) in [5, 5.41) is 9.24. The van der Waals surface area contributed by atoms with E-state index in [0.29, 0.717) is 17.2 Å². The Labute approximate surface area is 107 Å². The van der Waals surface area contributed by atoms with Crippen LogP contribution in [-0.2, 0) is 0 Å². The molecule has 4 heteroatoms. The second-order valence-corrected chi connectivity index (χ2v) is 4.94. The quantitative estimate of drug-likeness (QED) is 0.807. The third kappa shape index (κ3) is 2.58. The van der Waals surface area contributed by atoms with Gasteiger partial charge in [-0.2, -0.15) is 0 Å². The van der Waals surface area contributed by atoms with Gasteiger partial charge in [0.25, 0.3) is 0 Å². The summed E-state index contributed by atoms with van der Waals surface area (Å²) in [6.45, 7) is 4.03. The lowest BCUT2D eigenvalue weighted by Crippen LogP contribution is -2.36. The Morgan fingerprint density at radius 1 is 1.56 bits per heavy atom. The number of hydrogen-bond donors (Lipinski definition) is 2. The third-order valence-corrected chi connectivity index (χ3v) is 3.69. The van der Waals surface area contributed by atoms with E-state index in [-0.39, 0.29) is 0 Å². The lowest BCUT2D eigenvalue weighted by molar-refractivity contribution is 0.0697. The Morgan fingerprint density at radius 2 is 2.33 bits per heavy atom. The van der Waals surface area contributed by atoms with E-state index in [0.717, 1.165) is 31.6 Å². The molecule has 1 fully saturated rings. The third-order valence-electron chi connectivity index (χ3n) is 3.69. The first-order chi connectivity index (χ1) is 8.61. The number of carboxylic acid groups (broad SMARTS) is 1. The molecule has 0 radical (unpaired) electrons. The highest BCUT2D eigenvalue weighted by Gasteiger charge is 2.22. The van der Waals surface area contributed by atoms with Crippen molar-refractivity contribution >= 4 is 17.3 Å². The molecule has 0 aliphatic carbocycles. The Hall–Kier alpha value is -1.71. The maximum Gasteiger partial charge on any atom is 0.337 e. The van der Waals surface area contributed by atoms with Crippen LogP contribution in [0.15, 0.2) is 18.2 Å². The van der Waals surface area contributed by atoms with E-state index in [9.17, 15) is 9.90 Å². The number of carboxylic acids is 1. The van der Waals surface area contributed by atoms with Gasteiger partial charge in [0.15, 0.2) is 0 Å². The van der Waals surface area contributed by atoms with E-state index >= 15 is 0 Å². The van der Waals surface area contributed by atoms with Gasteiger partial charge < -0.3 is 15.7 Å². The van der Waals surface area contributed by atoms with Crippen molar-refractivity contribution in [3.05, 3.63) is 23.8 Å². The van der Waals surface area contributed by atoms with Crippen molar-refractivity contribution < 1.29 is 9.90 Å². The van der Waals surface area contributed by atoms with Crippen molar-refractivity contribution in [3.8, 4) is 0 Å². The van der Waals surface area contributed by atoms with Gasteiger partial charge in [-0.05, 0) is 37.0 Å². The predicted octanol–water partition coefficient (Wildman–Crippen LogP) is 2.59. The number of aromatic carboxylic acids is 1. The van der Waals surface area contributed by atoms with Crippen LogP contribution in [0, 0.1) is 5.92 Å². The highest BCUT2D eigenvalue weighted by molar-refractivity contribution is 5.95. The molecule has 1 atom stereocenters. The molecule has 0 aromatic heterocycles. The molecule has 0 bridgehead atoms. The molecule has 0 spiro atoms. The van der Waals surface area contributed by atoms with Crippen molar-refractivity contribution in [2.24, 2.45) is 5.92 Å². The van der Waals surface area contributed by atoms with Crippen LogP contribution in [0.5, 0.6) is 0 Å². The van der Waals surface area contributed by atoms with Crippen LogP contribution in [0.25, 0.3) is 0 Å². The molecule has 1 aromatic rings. The molecule has 1 aliphatic heterocycles. The van der Waals surface area contributed by atoms with Crippen molar-refractivity contribution in [3.63, 3.8) is 0 Å². The second kappa shape index (κ2) is 5.29. The molecule has 18 heavy (non-hydrogen) atoms. The summed E-state index contributed by atoms with van der Waals surface area (Å²) in [6.07, 6.45) is 3.49. The number of piperidine rings is 1. The molecule has 4 nitrogen and oxygen atoms in total. The molecule has 1 heterocycles. The number of anilines is 2. The van der Waals surface area contributed by atoms with E-state index in [2.05, 4.69) is 11.8 Å². The molecule has 0 saturated carbocycles. The summed E-state index contributed by atoms with van der Waals surface area (Å²) in [6, 6.07) is 5.03. The Balaban J connectivity index is 2.31. The zero-order chi connectivity index (χ0) is 13.1. The highest BCUT2D eigenvalue weighted by Crippen LogP contribution is 2.29. The fourth-order valence-corrected chi connectivity index (χ4v) is 2.61. The summed E-state index contributed by atoms with van der Waals surface area (Å²) in [5.74, 6) is -0.231. The molecule has 3 N–H and O–H groups in total. The smallest absolute Gasteiger partial charge is 0.337 e. The summed E-state index contributed by atoms with van der Waals surface area (Å²) in [7, 11) is 0. The zero-order valence-corrected chi connectivity index (χ0v) is 10.7. The molecule has 1 unspecified atom stereocenters. The summed E-state index contributed by atoms with van der Waals surface area (Å²) in [4.78, 5) is 13.4. The van der Waals surface area contributed by atoms with Crippen molar-refractivity contribution in [1.29, 1.82) is 0 Å². The van der Waals surface area contributed by atoms with Crippen molar-refractivity contribution in [1.82, 2.24) is 0 Å². The number of hydrogen-bond acceptors (Lipinski definition) is 3. The monoisotopic (exact) mass is 248 g/mol. The van der Waals surface area contributed by atoms with Crippen LogP contribution in [0.1, 0.15) is 36.5 Å². The Bertz CT molecular complexity index is 445. The largest absolute Gasteiger partial charge is 0.478 e. The molecule has 1 aromatic carbocycles. The SMILES string of the molecule is CCC1CCCN(c2cc(N)ccc2C(=O)O)C1. The highest BCUT2D eigenvalue weighted by atomic mass is 16.4. The van der Waals surface area contributed by atoms with E-state index in [1.165, 1.54) is 6.42 Å². The topological polar surface area (TPSA) is 66.6 Å². The first-order valence-corrected chi connectivity index (χ1v) is 6.49. The predicted molar refractivity (Wildman–Crippen MR) is 73.0 cm³/mol. The Morgan fingerprint density at radius 3 is 3.00 bits per heavy atom. The summed E-state index contributed by atoms with van der Waals surface area (Å²) < 4.78 is 0. The normalized spacial score (nSPS) is 19.8. The average Bonchev–Trinajstić information content (AvgIpc) is 2.38. The molecule has 98 valence electrons. The molecule has 1 saturated heterocycles. The number of nitrogens with zero attached hydrogens (tertiary/aromatic N) is 1. The van der Waals surface area contributed by atoms with Crippen LogP contribution in [0.3, 0.4) is 0 Å². The minimum absolute atomic E-state index is 0.348. The van der Waals surface area contributed by atoms with Crippen LogP contribution in [0.2, 0.25) is 0 Å². The molecule has 0 amide bonds. The van der Waals surface area contributed by atoms with Gasteiger partial charge >= 0.3 is 5.97 Å². The van der Waals surface area contributed by atoms with E-state index in [1.54, 1.807) is 18.2 Å². The van der Waals surface area contributed by atoms with E-state index in [1.807, 2.05) is 0 Å². The van der Waals surface area contributed by atoms with Crippen LogP contribution < -0.4 is 10.6 Å². The first kappa shape index (κ1) is 12.7. The van der Waals surface area contributed by atoms with Gasteiger partial charge in [-0.25, -0.2) is 4.79 Å². The molecular formula is C14H20N2O2. The van der Waals surface area contributed by atoms with E-state index in [4.69, 9.17) is 5.73 Å². The molecular weight excluding hydrogens is 228 g/mol. The maximum absolute atomic E-state index is 11.3. The van der Waals surface area contributed by atoms with Gasteiger partial charge in [0.1, 0.15) is 0 Å². The van der Waals surface area contributed by atoms with Gasteiger partial charge in [-0.3, -0.25) is 0 Å². The lowest BCUT2D eigenvalue weighted by atomic mass is 9.94. The number of nitrogen functional groups attached to an aromatic ring is 1. The molecule has 1 aliphatic rings. The number of nitrogens with two attached hydrogens (primary N) is 1. The van der Waals surface area contributed by atoms with Gasteiger partial charge in [0.05, 0.1) is 11.3 Å². The lowest BCUT2D eigenvalue weighted by Gasteiger charge is -2.34. The van der Waals surface area contributed by atoms with Crippen LogP contribution in [-0.4, -0.2) is 24.2 Å². The fraction of sp³-hybridized carbons (Fsp3) is 0.500. The van der Waals surface area contributed by atoms with Crippen LogP contribution in [0.4, 0.5) is 11.4 Å².